The van der Waals surface area contributed by atoms with E-state index in [-0.39, 0.29) is 5.91 Å². The second-order valence-corrected chi connectivity index (χ2v) is 6.10. The molecule has 1 aromatic carbocycles. The summed E-state index contributed by atoms with van der Waals surface area (Å²) in [5.41, 5.74) is 1.70. The lowest BCUT2D eigenvalue weighted by Gasteiger charge is -2.30. The van der Waals surface area contributed by atoms with Crippen LogP contribution in [-0.2, 0) is 0 Å². The first-order valence-corrected chi connectivity index (χ1v) is 8.04. The molecule has 6 nitrogen and oxygen atoms in total. The zero-order valence-corrected chi connectivity index (χ0v) is 13.6. The molecule has 0 saturated carbocycles. The molecule has 2 heterocycles. The standard InChI is InChI=1S/C18H19N5O/c1-13-4-3-7-23(11-13)18(24)16-9-17(21-12-20-16)22-15-6-2-5-14(8-15)10-19/h2,5-6,8-9,12-13H,3-4,7,11H2,1H3,(H,20,21,22). The molecule has 1 aliphatic heterocycles. The molecule has 1 atom stereocenters. The Hall–Kier alpha value is -2.94. The zero-order valence-electron chi connectivity index (χ0n) is 13.6. The van der Waals surface area contributed by atoms with Gasteiger partial charge in [-0.25, -0.2) is 9.97 Å². The number of nitrogens with one attached hydrogen (secondary N) is 1. The van der Waals surface area contributed by atoms with Crippen LogP contribution < -0.4 is 5.32 Å². The number of nitriles is 1. The number of anilines is 2. The third-order valence-electron chi connectivity index (χ3n) is 4.09. The number of piperidine rings is 1. The highest BCUT2D eigenvalue weighted by Crippen LogP contribution is 2.19. The monoisotopic (exact) mass is 321 g/mol. The molecular weight excluding hydrogens is 302 g/mol. The molecule has 1 saturated heterocycles. The van der Waals surface area contributed by atoms with Gasteiger partial charge in [-0.1, -0.05) is 13.0 Å². The first-order valence-electron chi connectivity index (χ1n) is 8.04. The molecule has 0 radical (unpaired) electrons. The number of likely N-dealkylation sites (tertiary alicyclic amines) is 1. The van der Waals surface area contributed by atoms with Gasteiger partial charge >= 0.3 is 0 Å². The number of aromatic nitrogens is 2. The van der Waals surface area contributed by atoms with E-state index < -0.39 is 0 Å². The lowest BCUT2D eigenvalue weighted by molar-refractivity contribution is 0.0677. The molecule has 1 aromatic heterocycles. The second-order valence-electron chi connectivity index (χ2n) is 6.10. The number of benzene rings is 1. The summed E-state index contributed by atoms with van der Waals surface area (Å²) in [4.78, 5) is 22.7. The fourth-order valence-corrected chi connectivity index (χ4v) is 2.89. The van der Waals surface area contributed by atoms with E-state index in [4.69, 9.17) is 5.26 Å². The van der Waals surface area contributed by atoms with E-state index >= 15 is 0 Å². The Kier molecular flexibility index (Phi) is 4.71. The third kappa shape index (κ3) is 3.69. The smallest absolute Gasteiger partial charge is 0.272 e. The Labute approximate surface area is 141 Å². The van der Waals surface area contributed by atoms with E-state index in [1.807, 2.05) is 11.0 Å². The van der Waals surface area contributed by atoms with Gasteiger partial charge in [0.2, 0.25) is 0 Å². The van der Waals surface area contributed by atoms with Crippen LogP contribution in [0.4, 0.5) is 11.5 Å². The Bertz CT molecular complexity index is 783. The van der Waals surface area contributed by atoms with Gasteiger partial charge in [-0.15, -0.1) is 0 Å². The quantitative estimate of drug-likeness (QED) is 0.940. The molecule has 2 aromatic rings. The van der Waals surface area contributed by atoms with Gasteiger partial charge in [-0.2, -0.15) is 5.26 Å². The van der Waals surface area contributed by atoms with E-state index in [1.54, 1.807) is 24.3 Å². The fourth-order valence-electron chi connectivity index (χ4n) is 2.89. The minimum Gasteiger partial charge on any atom is -0.340 e. The van der Waals surface area contributed by atoms with Crippen molar-refractivity contribution in [2.75, 3.05) is 18.4 Å². The summed E-state index contributed by atoms with van der Waals surface area (Å²) >= 11 is 0. The van der Waals surface area contributed by atoms with Gasteiger partial charge < -0.3 is 10.2 Å². The molecular formula is C18H19N5O. The maximum absolute atomic E-state index is 12.6. The molecule has 24 heavy (non-hydrogen) atoms. The average Bonchev–Trinajstić information content (AvgIpc) is 2.61. The molecule has 1 unspecified atom stereocenters. The maximum atomic E-state index is 12.6. The van der Waals surface area contributed by atoms with E-state index in [2.05, 4.69) is 28.3 Å². The Morgan fingerprint density at radius 3 is 3.04 bits per heavy atom. The molecule has 0 spiro atoms. The lowest BCUT2D eigenvalue weighted by Crippen LogP contribution is -2.39. The highest BCUT2D eigenvalue weighted by atomic mass is 16.2. The highest BCUT2D eigenvalue weighted by Gasteiger charge is 2.23. The summed E-state index contributed by atoms with van der Waals surface area (Å²) in [6.07, 6.45) is 3.58. The van der Waals surface area contributed by atoms with Crippen LogP contribution in [0.15, 0.2) is 36.7 Å². The molecule has 6 heteroatoms. The van der Waals surface area contributed by atoms with Crippen molar-refractivity contribution in [3.8, 4) is 6.07 Å². The first kappa shape index (κ1) is 15.9. The summed E-state index contributed by atoms with van der Waals surface area (Å²) < 4.78 is 0. The number of rotatable bonds is 3. The largest absolute Gasteiger partial charge is 0.340 e. The number of amides is 1. The zero-order chi connectivity index (χ0) is 16.9. The summed E-state index contributed by atoms with van der Waals surface area (Å²) in [5.74, 6) is 1.00. The fraction of sp³-hybridized carbons (Fsp3) is 0.333. The molecule has 0 aliphatic carbocycles. The Morgan fingerprint density at radius 2 is 2.25 bits per heavy atom. The van der Waals surface area contributed by atoms with Crippen molar-refractivity contribution in [2.24, 2.45) is 5.92 Å². The minimum absolute atomic E-state index is 0.0576. The number of carbonyl (C=O) groups excluding carboxylic acids is 1. The van der Waals surface area contributed by atoms with Crippen molar-refractivity contribution in [1.29, 1.82) is 5.26 Å². The van der Waals surface area contributed by atoms with Gasteiger partial charge in [0.05, 0.1) is 11.6 Å². The number of carbonyl (C=O) groups is 1. The van der Waals surface area contributed by atoms with Crippen molar-refractivity contribution >= 4 is 17.4 Å². The van der Waals surface area contributed by atoms with Crippen LogP contribution in [0, 0.1) is 17.2 Å². The highest BCUT2D eigenvalue weighted by molar-refractivity contribution is 5.93. The number of hydrogen-bond donors (Lipinski definition) is 1. The maximum Gasteiger partial charge on any atom is 0.272 e. The van der Waals surface area contributed by atoms with Crippen LogP contribution in [-0.4, -0.2) is 33.9 Å². The molecule has 1 amide bonds. The summed E-state index contributed by atoms with van der Waals surface area (Å²) in [7, 11) is 0. The predicted octanol–water partition coefficient (Wildman–Crippen LogP) is 2.96. The van der Waals surface area contributed by atoms with Crippen LogP contribution in [0.2, 0.25) is 0 Å². The molecule has 3 rings (SSSR count). The van der Waals surface area contributed by atoms with E-state index in [0.717, 1.165) is 31.6 Å². The third-order valence-corrected chi connectivity index (χ3v) is 4.09. The molecule has 0 bridgehead atoms. The van der Waals surface area contributed by atoms with E-state index in [1.165, 1.54) is 6.33 Å². The van der Waals surface area contributed by atoms with Gasteiger partial charge in [0.15, 0.2) is 0 Å². The normalized spacial score (nSPS) is 17.2. The second kappa shape index (κ2) is 7.09. The lowest BCUT2D eigenvalue weighted by atomic mass is 10.00. The number of hydrogen-bond acceptors (Lipinski definition) is 5. The van der Waals surface area contributed by atoms with Crippen molar-refractivity contribution < 1.29 is 4.79 Å². The molecule has 122 valence electrons. The van der Waals surface area contributed by atoms with E-state index in [0.29, 0.717) is 23.0 Å². The summed E-state index contributed by atoms with van der Waals surface area (Å²) in [5, 5.41) is 12.1. The predicted molar refractivity (Wildman–Crippen MR) is 90.8 cm³/mol. The Morgan fingerprint density at radius 1 is 1.38 bits per heavy atom. The Balaban J connectivity index is 1.76. The van der Waals surface area contributed by atoms with Crippen molar-refractivity contribution in [3.63, 3.8) is 0 Å². The van der Waals surface area contributed by atoms with E-state index in [9.17, 15) is 4.79 Å². The van der Waals surface area contributed by atoms with Gasteiger partial charge in [-0.05, 0) is 37.0 Å². The topological polar surface area (TPSA) is 81.9 Å². The van der Waals surface area contributed by atoms with Crippen LogP contribution in [0.3, 0.4) is 0 Å². The average molecular weight is 321 g/mol. The van der Waals surface area contributed by atoms with Gasteiger partial charge in [-0.3, -0.25) is 4.79 Å². The number of nitrogens with zero attached hydrogens (tertiary/aromatic N) is 4. The molecule has 1 fully saturated rings. The molecule has 1 aliphatic rings. The van der Waals surface area contributed by atoms with Crippen LogP contribution in [0.1, 0.15) is 35.8 Å². The van der Waals surface area contributed by atoms with Gasteiger partial charge in [0, 0.05) is 24.8 Å². The van der Waals surface area contributed by atoms with Crippen LogP contribution in [0.5, 0.6) is 0 Å². The van der Waals surface area contributed by atoms with Crippen molar-refractivity contribution in [3.05, 3.63) is 47.9 Å². The summed E-state index contributed by atoms with van der Waals surface area (Å²) in [6, 6.07) is 10.9. The summed E-state index contributed by atoms with van der Waals surface area (Å²) in [6.45, 7) is 3.71. The van der Waals surface area contributed by atoms with Crippen LogP contribution >= 0.6 is 0 Å². The molecule has 1 N–H and O–H groups in total. The van der Waals surface area contributed by atoms with Gasteiger partial charge in [0.1, 0.15) is 17.8 Å². The minimum atomic E-state index is -0.0576. The van der Waals surface area contributed by atoms with Crippen LogP contribution in [0.25, 0.3) is 0 Å². The van der Waals surface area contributed by atoms with Gasteiger partial charge in [0.25, 0.3) is 5.91 Å². The van der Waals surface area contributed by atoms with Crippen molar-refractivity contribution in [1.82, 2.24) is 14.9 Å². The SMILES string of the molecule is CC1CCCN(C(=O)c2cc(Nc3cccc(C#N)c3)ncn2)C1. The van der Waals surface area contributed by atoms with Crippen molar-refractivity contribution in [2.45, 2.75) is 19.8 Å². The first-order chi connectivity index (χ1) is 11.7.